The van der Waals surface area contributed by atoms with Crippen molar-refractivity contribution in [1.82, 2.24) is 4.72 Å². The SMILES string of the molecule is O=S(=O)(NCC1CCSCC1)c1ccc(CCCl)cc1. The molecule has 1 N–H and O–H groups in total. The molecule has 6 heteroatoms. The summed E-state index contributed by atoms with van der Waals surface area (Å²) in [5.41, 5.74) is 1.06. The molecule has 0 atom stereocenters. The van der Waals surface area contributed by atoms with Crippen molar-refractivity contribution in [2.45, 2.75) is 24.2 Å². The molecule has 1 aliphatic rings. The Hall–Kier alpha value is -0.230. The van der Waals surface area contributed by atoms with Crippen LogP contribution in [0.5, 0.6) is 0 Å². The van der Waals surface area contributed by atoms with Crippen molar-refractivity contribution in [3.63, 3.8) is 0 Å². The van der Waals surface area contributed by atoms with Gasteiger partial charge in [0.2, 0.25) is 10.0 Å². The maximum Gasteiger partial charge on any atom is 0.240 e. The predicted octanol–water partition coefficient (Wildman–Crippen LogP) is 2.89. The molecule has 0 unspecified atom stereocenters. The van der Waals surface area contributed by atoms with E-state index in [1.165, 1.54) is 0 Å². The van der Waals surface area contributed by atoms with E-state index < -0.39 is 10.0 Å². The number of nitrogens with one attached hydrogen (secondary N) is 1. The molecule has 20 heavy (non-hydrogen) atoms. The highest BCUT2D eigenvalue weighted by atomic mass is 35.5. The predicted molar refractivity (Wildman–Crippen MR) is 86.1 cm³/mol. The normalized spacial score (nSPS) is 17.2. The van der Waals surface area contributed by atoms with Crippen LogP contribution in [0.25, 0.3) is 0 Å². The molecule has 112 valence electrons. The molecule has 0 aromatic heterocycles. The van der Waals surface area contributed by atoms with Gasteiger partial charge in [-0.15, -0.1) is 11.6 Å². The van der Waals surface area contributed by atoms with Gasteiger partial charge >= 0.3 is 0 Å². The van der Waals surface area contributed by atoms with E-state index in [4.69, 9.17) is 11.6 Å². The van der Waals surface area contributed by atoms with E-state index in [1.54, 1.807) is 12.1 Å². The fraction of sp³-hybridized carbons (Fsp3) is 0.571. The third-order valence-electron chi connectivity index (χ3n) is 3.52. The quantitative estimate of drug-likeness (QED) is 0.814. The molecule has 0 aliphatic carbocycles. The number of benzene rings is 1. The second kappa shape index (κ2) is 7.69. The van der Waals surface area contributed by atoms with Gasteiger partial charge in [-0.2, -0.15) is 11.8 Å². The van der Waals surface area contributed by atoms with Crippen molar-refractivity contribution in [3.05, 3.63) is 29.8 Å². The van der Waals surface area contributed by atoms with Crippen LogP contribution in [-0.4, -0.2) is 32.3 Å². The average Bonchev–Trinajstić information content (AvgIpc) is 2.47. The number of halogens is 1. The number of thioether (sulfide) groups is 1. The molecule has 0 amide bonds. The van der Waals surface area contributed by atoms with E-state index in [0.29, 0.717) is 23.2 Å². The third kappa shape index (κ3) is 4.65. The summed E-state index contributed by atoms with van der Waals surface area (Å²) in [7, 11) is -3.38. The summed E-state index contributed by atoms with van der Waals surface area (Å²) in [6, 6.07) is 6.96. The van der Waals surface area contributed by atoms with Crippen LogP contribution in [0.15, 0.2) is 29.2 Å². The standard InChI is InChI=1S/C14H20ClNO2S2/c15-8-5-12-1-3-14(4-2-12)20(17,18)16-11-13-6-9-19-10-7-13/h1-4,13,16H,5-11H2. The van der Waals surface area contributed by atoms with Gasteiger partial charge in [0, 0.05) is 12.4 Å². The molecule has 0 saturated carbocycles. The van der Waals surface area contributed by atoms with Crippen molar-refractivity contribution in [2.75, 3.05) is 23.9 Å². The Labute approximate surface area is 130 Å². The number of aryl methyl sites for hydroxylation is 1. The zero-order valence-electron chi connectivity index (χ0n) is 11.3. The van der Waals surface area contributed by atoms with Gasteiger partial charge in [-0.1, -0.05) is 12.1 Å². The monoisotopic (exact) mass is 333 g/mol. The average molecular weight is 334 g/mol. The fourth-order valence-electron chi connectivity index (χ4n) is 2.21. The molecule has 0 radical (unpaired) electrons. The molecule has 1 aromatic rings. The number of sulfonamides is 1. The Morgan fingerprint density at radius 2 is 1.85 bits per heavy atom. The van der Waals surface area contributed by atoms with Crippen molar-refractivity contribution >= 4 is 33.4 Å². The molecule has 1 saturated heterocycles. The number of hydrogen-bond donors (Lipinski definition) is 1. The van der Waals surface area contributed by atoms with Gasteiger partial charge in [0.05, 0.1) is 4.90 Å². The highest BCUT2D eigenvalue weighted by Gasteiger charge is 2.18. The van der Waals surface area contributed by atoms with Crippen LogP contribution in [-0.2, 0) is 16.4 Å². The summed E-state index contributed by atoms with van der Waals surface area (Å²) >= 11 is 7.62. The molecule has 1 fully saturated rings. The van der Waals surface area contributed by atoms with Gasteiger partial charge in [-0.05, 0) is 54.4 Å². The topological polar surface area (TPSA) is 46.2 Å². The van der Waals surface area contributed by atoms with Crippen molar-refractivity contribution in [2.24, 2.45) is 5.92 Å². The highest BCUT2D eigenvalue weighted by Crippen LogP contribution is 2.22. The summed E-state index contributed by atoms with van der Waals surface area (Å²) in [5, 5.41) is 0. The third-order valence-corrected chi connectivity index (χ3v) is 6.20. The lowest BCUT2D eigenvalue weighted by atomic mass is 10.0. The lowest BCUT2D eigenvalue weighted by molar-refractivity contribution is 0.476. The first-order valence-corrected chi connectivity index (χ1v) is 10.0. The molecule has 0 spiro atoms. The zero-order valence-corrected chi connectivity index (χ0v) is 13.7. The zero-order chi connectivity index (χ0) is 14.4. The molecule has 3 nitrogen and oxygen atoms in total. The molecule has 1 aliphatic heterocycles. The Bertz CT molecular complexity index is 510. The van der Waals surface area contributed by atoms with E-state index in [-0.39, 0.29) is 0 Å². The van der Waals surface area contributed by atoms with Crippen LogP contribution in [0.2, 0.25) is 0 Å². The lowest BCUT2D eigenvalue weighted by Crippen LogP contribution is -2.31. The summed E-state index contributed by atoms with van der Waals surface area (Å²) < 4.78 is 27.1. The van der Waals surface area contributed by atoms with E-state index >= 15 is 0 Å². The van der Waals surface area contributed by atoms with Crippen LogP contribution < -0.4 is 4.72 Å². The van der Waals surface area contributed by atoms with Crippen LogP contribution in [0.1, 0.15) is 18.4 Å². The van der Waals surface area contributed by atoms with Gasteiger partial charge in [-0.3, -0.25) is 0 Å². The van der Waals surface area contributed by atoms with Crippen molar-refractivity contribution in [1.29, 1.82) is 0 Å². The summed E-state index contributed by atoms with van der Waals surface area (Å²) in [6.45, 7) is 0.548. The second-order valence-electron chi connectivity index (χ2n) is 4.99. The second-order valence-corrected chi connectivity index (χ2v) is 8.36. The van der Waals surface area contributed by atoms with E-state index in [1.807, 2.05) is 23.9 Å². The maximum atomic E-state index is 12.2. The maximum absolute atomic E-state index is 12.2. The van der Waals surface area contributed by atoms with Gasteiger partial charge in [0.15, 0.2) is 0 Å². The van der Waals surface area contributed by atoms with Gasteiger partial charge in [0.1, 0.15) is 0 Å². The van der Waals surface area contributed by atoms with E-state index in [9.17, 15) is 8.42 Å². The lowest BCUT2D eigenvalue weighted by Gasteiger charge is -2.21. The number of hydrogen-bond acceptors (Lipinski definition) is 3. The molecule has 1 heterocycles. The largest absolute Gasteiger partial charge is 0.240 e. The van der Waals surface area contributed by atoms with Crippen LogP contribution in [0, 0.1) is 5.92 Å². The van der Waals surface area contributed by atoms with Crippen LogP contribution in [0.4, 0.5) is 0 Å². The molecule has 1 aromatic carbocycles. The van der Waals surface area contributed by atoms with Crippen molar-refractivity contribution < 1.29 is 8.42 Å². The Kier molecular flexibility index (Phi) is 6.20. The fourth-order valence-corrected chi connectivity index (χ4v) is 4.74. The summed E-state index contributed by atoms with van der Waals surface area (Å²) in [5.74, 6) is 3.30. The molecule has 2 rings (SSSR count). The smallest absolute Gasteiger partial charge is 0.211 e. The first-order chi connectivity index (χ1) is 9.62. The van der Waals surface area contributed by atoms with E-state index in [0.717, 1.165) is 36.3 Å². The Balaban J connectivity index is 1.94. The van der Waals surface area contributed by atoms with Gasteiger partial charge in [0.25, 0.3) is 0 Å². The number of alkyl halides is 1. The molecular weight excluding hydrogens is 314 g/mol. The van der Waals surface area contributed by atoms with Gasteiger partial charge in [-0.25, -0.2) is 13.1 Å². The number of rotatable bonds is 6. The molecular formula is C14H20ClNO2S2. The van der Waals surface area contributed by atoms with Crippen LogP contribution >= 0.6 is 23.4 Å². The minimum absolute atomic E-state index is 0.334. The van der Waals surface area contributed by atoms with Gasteiger partial charge < -0.3 is 0 Å². The van der Waals surface area contributed by atoms with Crippen molar-refractivity contribution in [3.8, 4) is 0 Å². The van der Waals surface area contributed by atoms with Crippen LogP contribution in [0.3, 0.4) is 0 Å². The first kappa shape index (κ1) is 16.1. The van der Waals surface area contributed by atoms with E-state index in [2.05, 4.69) is 4.72 Å². The summed E-state index contributed by atoms with van der Waals surface area (Å²) in [4.78, 5) is 0.334. The molecule has 0 bridgehead atoms. The Morgan fingerprint density at radius 3 is 2.45 bits per heavy atom. The summed E-state index contributed by atoms with van der Waals surface area (Å²) in [6.07, 6.45) is 2.96. The first-order valence-electron chi connectivity index (χ1n) is 6.84. The minimum atomic E-state index is -3.38. The highest BCUT2D eigenvalue weighted by molar-refractivity contribution is 7.99. The minimum Gasteiger partial charge on any atom is -0.211 e. The Morgan fingerprint density at radius 1 is 1.20 bits per heavy atom.